The average molecular weight is 367 g/mol. The van der Waals surface area contributed by atoms with Crippen LogP contribution in [-0.2, 0) is 9.47 Å². The highest BCUT2D eigenvalue weighted by Crippen LogP contribution is 2.33. The fourth-order valence-corrected chi connectivity index (χ4v) is 3.79. The summed E-state index contributed by atoms with van der Waals surface area (Å²) in [6.07, 6.45) is 3.47. The molecular weight excluding hydrogens is 342 g/mol. The Bertz CT molecular complexity index is 799. The highest BCUT2D eigenvalue weighted by atomic mass is 16.7. The molecule has 2 aliphatic heterocycles. The fraction of sp³-hybridized carbons (Fsp3) is 0.429. The van der Waals surface area contributed by atoms with Gasteiger partial charge in [-0.05, 0) is 37.1 Å². The fourth-order valence-electron chi connectivity index (χ4n) is 3.79. The molecule has 1 aromatic carbocycles. The molecule has 0 saturated carbocycles. The number of benzene rings is 1. The van der Waals surface area contributed by atoms with Crippen molar-refractivity contribution < 1.29 is 14.3 Å². The first-order valence-corrected chi connectivity index (χ1v) is 9.43. The predicted molar refractivity (Wildman–Crippen MR) is 104 cm³/mol. The van der Waals surface area contributed by atoms with Crippen LogP contribution in [0.2, 0.25) is 0 Å². The van der Waals surface area contributed by atoms with Crippen LogP contribution in [0.4, 0.5) is 11.4 Å². The first-order valence-electron chi connectivity index (χ1n) is 9.43. The molecule has 0 unspecified atom stereocenters. The van der Waals surface area contributed by atoms with Gasteiger partial charge in [0.2, 0.25) is 0 Å². The molecule has 1 aromatic heterocycles. The van der Waals surface area contributed by atoms with Gasteiger partial charge in [-0.2, -0.15) is 0 Å². The van der Waals surface area contributed by atoms with E-state index < -0.39 is 0 Å². The van der Waals surface area contributed by atoms with Gasteiger partial charge in [0.05, 0.1) is 25.1 Å². The first kappa shape index (κ1) is 17.9. The van der Waals surface area contributed by atoms with E-state index in [1.807, 2.05) is 38.1 Å². The normalized spacial score (nSPS) is 18.7. The third kappa shape index (κ3) is 3.68. The summed E-state index contributed by atoms with van der Waals surface area (Å²) in [7, 11) is 0. The van der Waals surface area contributed by atoms with Crippen molar-refractivity contribution in [2.45, 2.75) is 32.5 Å². The summed E-state index contributed by atoms with van der Waals surface area (Å²) in [5.41, 5.74) is 4.37. The molecular formula is C21H25N3O3. The monoisotopic (exact) mass is 367 g/mol. The lowest BCUT2D eigenvalue weighted by atomic mass is 10.0. The van der Waals surface area contributed by atoms with Crippen molar-refractivity contribution in [1.82, 2.24) is 4.98 Å². The van der Waals surface area contributed by atoms with Crippen LogP contribution in [0.3, 0.4) is 0 Å². The number of carbonyl (C=O) groups is 1. The van der Waals surface area contributed by atoms with Crippen molar-refractivity contribution in [3.63, 3.8) is 0 Å². The quantitative estimate of drug-likeness (QED) is 0.902. The number of rotatable bonds is 3. The molecule has 3 heterocycles. The second-order valence-electron chi connectivity index (χ2n) is 7.22. The molecule has 1 N–H and O–H groups in total. The number of pyridine rings is 1. The summed E-state index contributed by atoms with van der Waals surface area (Å²) in [4.78, 5) is 19.2. The summed E-state index contributed by atoms with van der Waals surface area (Å²) in [5, 5.41) is 2.98. The van der Waals surface area contributed by atoms with Crippen molar-refractivity contribution >= 4 is 17.3 Å². The molecule has 142 valence electrons. The molecule has 6 heteroatoms. The van der Waals surface area contributed by atoms with E-state index in [0.717, 1.165) is 48.4 Å². The number of ether oxygens (including phenoxy) is 2. The minimum atomic E-state index is -0.380. The zero-order valence-electron chi connectivity index (χ0n) is 15.8. The summed E-state index contributed by atoms with van der Waals surface area (Å²) in [6, 6.07) is 9.70. The number of nitrogens with zero attached hydrogens (tertiary/aromatic N) is 2. The molecule has 0 radical (unpaired) electrons. The zero-order valence-corrected chi connectivity index (χ0v) is 15.8. The standard InChI is InChI=1S/C21H25N3O3/c1-15-4-3-5-16(2)19(15)23-20(25)18-7-6-17(14-22-18)24-10-8-21(9-11-24)26-12-13-27-21/h3-7,14H,8-13H2,1-2H3,(H,23,25). The smallest absolute Gasteiger partial charge is 0.274 e. The maximum atomic E-state index is 12.6. The highest BCUT2D eigenvalue weighted by molar-refractivity contribution is 6.03. The minimum absolute atomic E-state index is 0.190. The van der Waals surface area contributed by atoms with Gasteiger partial charge >= 0.3 is 0 Å². The third-order valence-electron chi connectivity index (χ3n) is 5.40. The number of piperidine rings is 1. The number of nitrogens with one attached hydrogen (secondary N) is 1. The summed E-state index contributed by atoms with van der Waals surface area (Å²) >= 11 is 0. The lowest BCUT2D eigenvalue weighted by Gasteiger charge is -2.38. The van der Waals surface area contributed by atoms with E-state index in [1.165, 1.54) is 0 Å². The van der Waals surface area contributed by atoms with Crippen molar-refractivity contribution in [3.8, 4) is 0 Å². The van der Waals surface area contributed by atoms with E-state index in [4.69, 9.17) is 9.47 Å². The van der Waals surface area contributed by atoms with Gasteiger partial charge in [0, 0.05) is 31.6 Å². The largest absolute Gasteiger partial charge is 0.370 e. The van der Waals surface area contributed by atoms with E-state index in [9.17, 15) is 4.79 Å². The van der Waals surface area contributed by atoms with Gasteiger partial charge in [-0.1, -0.05) is 18.2 Å². The molecule has 0 atom stereocenters. The minimum Gasteiger partial charge on any atom is -0.370 e. The molecule has 0 aliphatic carbocycles. The molecule has 2 saturated heterocycles. The Labute approximate surface area is 159 Å². The molecule has 0 bridgehead atoms. The maximum absolute atomic E-state index is 12.6. The third-order valence-corrected chi connectivity index (χ3v) is 5.40. The molecule has 2 fully saturated rings. The number of aryl methyl sites for hydroxylation is 2. The van der Waals surface area contributed by atoms with Crippen molar-refractivity contribution in [3.05, 3.63) is 53.3 Å². The van der Waals surface area contributed by atoms with Gasteiger partial charge in [0.25, 0.3) is 5.91 Å². The van der Waals surface area contributed by atoms with Crippen LogP contribution in [0.15, 0.2) is 36.5 Å². The van der Waals surface area contributed by atoms with Crippen molar-refractivity contribution in [2.75, 3.05) is 36.5 Å². The number of anilines is 2. The van der Waals surface area contributed by atoms with Gasteiger partial charge in [-0.3, -0.25) is 4.79 Å². The van der Waals surface area contributed by atoms with Crippen LogP contribution in [0.1, 0.15) is 34.5 Å². The summed E-state index contributed by atoms with van der Waals surface area (Å²) < 4.78 is 11.5. The number of hydrogen-bond acceptors (Lipinski definition) is 5. The van der Waals surface area contributed by atoms with Crippen LogP contribution in [0.5, 0.6) is 0 Å². The molecule has 2 aromatic rings. The lowest BCUT2D eigenvalue weighted by molar-refractivity contribution is -0.169. The number of amides is 1. The Morgan fingerprint density at radius 2 is 1.74 bits per heavy atom. The Kier molecular flexibility index (Phi) is 4.85. The maximum Gasteiger partial charge on any atom is 0.274 e. The number of carbonyl (C=O) groups excluding carboxylic acids is 1. The van der Waals surface area contributed by atoms with Crippen LogP contribution in [0, 0.1) is 13.8 Å². The summed E-state index contributed by atoms with van der Waals surface area (Å²) in [5.74, 6) is -0.570. The average Bonchev–Trinajstić information content (AvgIpc) is 3.13. The summed E-state index contributed by atoms with van der Waals surface area (Å²) in [6.45, 7) is 7.06. The molecule has 1 spiro atoms. The second kappa shape index (κ2) is 7.29. The zero-order chi connectivity index (χ0) is 18.9. The van der Waals surface area contributed by atoms with Gasteiger partial charge in [0.15, 0.2) is 5.79 Å². The molecule has 6 nitrogen and oxygen atoms in total. The van der Waals surface area contributed by atoms with Crippen LogP contribution in [0.25, 0.3) is 0 Å². The van der Waals surface area contributed by atoms with E-state index in [0.29, 0.717) is 18.9 Å². The van der Waals surface area contributed by atoms with Gasteiger partial charge in [-0.25, -0.2) is 4.98 Å². The van der Waals surface area contributed by atoms with Crippen LogP contribution >= 0.6 is 0 Å². The van der Waals surface area contributed by atoms with Crippen LogP contribution in [-0.4, -0.2) is 43.0 Å². The van der Waals surface area contributed by atoms with E-state index in [2.05, 4.69) is 15.2 Å². The number of aromatic nitrogens is 1. The predicted octanol–water partition coefficient (Wildman–Crippen LogP) is 3.29. The Hall–Kier alpha value is -2.44. The van der Waals surface area contributed by atoms with Gasteiger partial charge < -0.3 is 19.7 Å². The van der Waals surface area contributed by atoms with Crippen LogP contribution < -0.4 is 10.2 Å². The van der Waals surface area contributed by atoms with Gasteiger partial charge in [-0.15, -0.1) is 0 Å². The lowest BCUT2D eigenvalue weighted by Crippen LogP contribution is -2.45. The Balaban J connectivity index is 1.41. The Morgan fingerprint density at radius 3 is 2.33 bits per heavy atom. The topological polar surface area (TPSA) is 63.7 Å². The Morgan fingerprint density at radius 1 is 1.07 bits per heavy atom. The van der Waals surface area contributed by atoms with Crippen molar-refractivity contribution in [2.24, 2.45) is 0 Å². The highest BCUT2D eigenvalue weighted by Gasteiger charge is 2.39. The van der Waals surface area contributed by atoms with E-state index in [-0.39, 0.29) is 11.7 Å². The molecule has 2 aliphatic rings. The van der Waals surface area contributed by atoms with Crippen molar-refractivity contribution in [1.29, 1.82) is 0 Å². The second-order valence-corrected chi connectivity index (χ2v) is 7.22. The first-order chi connectivity index (χ1) is 13.1. The SMILES string of the molecule is Cc1cccc(C)c1NC(=O)c1ccc(N2CCC3(CC2)OCCO3)cn1. The molecule has 27 heavy (non-hydrogen) atoms. The molecule has 1 amide bonds. The van der Waals surface area contributed by atoms with E-state index >= 15 is 0 Å². The van der Waals surface area contributed by atoms with E-state index in [1.54, 1.807) is 12.3 Å². The number of para-hydroxylation sites is 1. The molecule has 4 rings (SSSR count). The van der Waals surface area contributed by atoms with Gasteiger partial charge in [0.1, 0.15) is 5.69 Å². The number of hydrogen-bond donors (Lipinski definition) is 1.